The van der Waals surface area contributed by atoms with Gasteiger partial charge in [0.15, 0.2) is 0 Å². The summed E-state index contributed by atoms with van der Waals surface area (Å²) in [6, 6.07) is 0.0703. The van der Waals surface area contributed by atoms with Gasteiger partial charge in [-0.2, -0.15) is 0 Å². The molecule has 0 aliphatic carbocycles. The lowest BCUT2D eigenvalue weighted by atomic mass is 10.1. The number of carboxylic acid groups (broad SMARTS) is 1. The molecule has 0 rings (SSSR count). The zero-order valence-corrected chi connectivity index (χ0v) is 8.78. The predicted molar refractivity (Wildman–Crippen MR) is 53.8 cm³/mol. The zero-order valence-electron chi connectivity index (χ0n) is 8.78. The van der Waals surface area contributed by atoms with Crippen molar-refractivity contribution in [1.82, 2.24) is 5.32 Å². The maximum absolute atomic E-state index is 11.1. The minimum Gasteiger partial charge on any atom is -0.478 e. The standard InChI is InChI=1S/C10H17NO3/c1-7(2)6-8(3)11-9(12)4-5-10(13)14/h4-5,7-8H,6H2,1-3H3,(H,11,12)(H,13,14)/b5-4+. The first-order valence-electron chi connectivity index (χ1n) is 4.63. The summed E-state index contributed by atoms with van der Waals surface area (Å²) in [7, 11) is 0. The Morgan fingerprint density at radius 2 is 1.86 bits per heavy atom. The quantitative estimate of drug-likeness (QED) is 0.653. The Hall–Kier alpha value is -1.32. The van der Waals surface area contributed by atoms with Crippen molar-refractivity contribution in [3.05, 3.63) is 12.2 Å². The van der Waals surface area contributed by atoms with Gasteiger partial charge in [-0.05, 0) is 19.3 Å². The normalized spacial score (nSPS) is 13.1. The molecule has 0 aromatic heterocycles. The topological polar surface area (TPSA) is 66.4 Å². The molecule has 0 radical (unpaired) electrons. The third-order valence-corrected chi connectivity index (χ3v) is 1.59. The molecule has 0 fully saturated rings. The number of carbonyl (C=O) groups excluding carboxylic acids is 1. The number of amides is 1. The Balaban J connectivity index is 3.88. The van der Waals surface area contributed by atoms with Crippen molar-refractivity contribution >= 4 is 11.9 Å². The summed E-state index contributed by atoms with van der Waals surface area (Å²) < 4.78 is 0. The number of hydrogen-bond donors (Lipinski definition) is 2. The van der Waals surface area contributed by atoms with E-state index in [1.165, 1.54) is 0 Å². The Morgan fingerprint density at radius 1 is 1.29 bits per heavy atom. The summed E-state index contributed by atoms with van der Waals surface area (Å²) >= 11 is 0. The van der Waals surface area contributed by atoms with E-state index in [1.54, 1.807) is 0 Å². The molecule has 4 nitrogen and oxygen atoms in total. The highest BCUT2D eigenvalue weighted by Gasteiger charge is 2.06. The molecule has 1 unspecified atom stereocenters. The van der Waals surface area contributed by atoms with E-state index >= 15 is 0 Å². The molecule has 0 bridgehead atoms. The van der Waals surface area contributed by atoms with Gasteiger partial charge >= 0.3 is 5.97 Å². The van der Waals surface area contributed by atoms with Crippen molar-refractivity contribution in [3.8, 4) is 0 Å². The summed E-state index contributed by atoms with van der Waals surface area (Å²) in [5.41, 5.74) is 0. The van der Waals surface area contributed by atoms with Crippen molar-refractivity contribution in [2.24, 2.45) is 5.92 Å². The van der Waals surface area contributed by atoms with Gasteiger partial charge in [0.25, 0.3) is 0 Å². The van der Waals surface area contributed by atoms with E-state index in [-0.39, 0.29) is 11.9 Å². The lowest BCUT2D eigenvalue weighted by Gasteiger charge is -2.14. The van der Waals surface area contributed by atoms with Crippen molar-refractivity contribution < 1.29 is 14.7 Å². The van der Waals surface area contributed by atoms with Crippen LogP contribution in [-0.4, -0.2) is 23.0 Å². The van der Waals surface area contributed by atoms with Gasteiger partial charge in [0, 0.05) is 18.2 Å². The molecule has 4 heteroatoms. The van der Waals surface area contributed by atoms with E-state index in [4.69, 9.17) is 5.11 Å². The van der Waals surface area contributed by atoms with Crippen molar-refractivity contribution in [3.63, 3.8) is 0 Å². The van der Waals surface area contributed by atoms with Crippen LogP contribution >= 0.6 is 0 Å². The molecule has 2 N–H and O–H groups in total. The van der Waals surface area contributed by atoms with Crippen LogP contribution in [0.3, 0.4) is 0 Å². The summed E-state index contributed by atoms with van der Waals surface area (Å²) in [4.78, 5) is 21.2. The van der Waals surface area contributed by atoms with E-state index in [0.29, 0.717) is 5.92 Å². The lowest BCUT2D eigenvalue weighted by Crippen LogP contribution is -2.32. The number of carbonyl (C=O) groups is 2. The minimum atomic E-state index is -1.11. The van der Waals surface area contributed by atoms with E-state index in [2.05, 4.69) is 19.2 Å². The number of rotatable bonds is 5. The number of aliphatic carboxylic acids is 1. The zero-order chi connectivity index (χ0) is 11.1. The van der Waals surface area contributed by atoms with Crippen molar-refractivity contribution in [2.75, 3.05) is 0 Å². The second-order valence-corrected chi connectivity index (χ2v) is 3.71. The van der Waals surface area contributed by atoms with E-state index in [9.17, 15) is 9.59 Å². The molecule has 0 saturated heterocycles. The molecule has 0 aromatic rings. The third-order valence-electron chi connectivity index (χ3n) is 1.59. The summed E-state index contributed by atoms with van der Waals surface area (Å²) in [5, 5.41) is 11.0. The van der Waals surface area contributed by atoms with Crippen molar-refractivity contribution in [2.45, 2.75) is 33.2 Å². The van der Waals surface area contributed by atoms with Gasteiger partial charge < -0.3 is 10.4 Å². The molecular formula is C10H17NO3. The SMILES string of the molecule is CC(C)CC(C)NC(=O)/C=C/C(=O)O. The second-order valence-electron chi connectivity index (χ2n) is 3.71. The molecular weight excluding hydrogens is 182 g/mol. The monoisotopic (exact) mass is 199 g/mol. The van der Waals surface area contributed by atoms with Gasteiger partial charge in [0.05, 0.1) is 0 Å². The molecule has 0 heterocycles. The summed E-state index contributed by atoms with van der Waals surface area (Å²) in [5.74, 6) is -0.967. The molecule has 0 aliphatic rings. The molecule has 0 spiro atoms. The van der Waals surface area contributed by atoms with Gasteiger partial charge in [-0.1, -0.05) is 13.8 Å². The van der Waals surface area contributed by atoms with Gasteiger partial charge in [-0.3, -0.25) is 4.79 Å². The van der Waals surface area contributed by atoms with E-state index in [1.807, 2.05) is 6.92 Å². The fourth-order valence-corrected chi connectivity index (χ4v) is 1.20. The van der Waals surface area contributed by atoms with Gasteiger partial charge in [0.2, 0.25) is 5.91 Å². The molecule has 1 atom stereocenters. The van der Waals surface area contributed by atoms with Crippen LogP contribution in [0.25, 0.3) is 0 Å². The fraction of sp³-hybridized carbons (Fsp3) is 0.600. The van der Waals surface area contributed by atoms with Crippen molar-refractivity contribution in [1.29, 1.82) is 0 Å². The highest BCUT2D eigenvalue weighted by Crippen LogP contribution is 2.03. The first kappa shape index (κ1) is 12.7. The smallest absolute Gasteiger partial charge is 0.328 e. The Bertz CT molecular complexity index is 234. The van der Waals surface area contributed by atoms with Crippen LogP contribution in [0.2, 0.25) is 0 Å². The summed E-state index contributed by atoms with van der Waals surface area (Å²) in [6.07, 6.45) is 2.74. The number of hydrogen-bond acceptors (Lipinski definition) is 2. The first-order chi connectivity index (χ1) is 6.41. The van der Waals surface area contributed by atoms with Gasteiger partial charge in [-0.15, -0.1) is 0 Å². The van der Waals surface area contributed by atoms with Gasteiger partial charge in [-0.25, -0.2) is 4.79 Å². The largest absolute Gasteiger partial charge is 0.478 e. The maximum atomic E-state index is 11.1. The molecule has 1 amide bonds. The predicted octanol–water partition coefficient (Wildman–Crippen LogP) is 1.18. The van der Waals surface area contributed by atoms with Crippen LogP contribution in [0, 0.1) is 5.92 Å². The Labute approximate surface area is 84.0 Å². The van der Waals surface area contributed by atoms with Crippen LogP contribution in [-0.2, 0) is 9.59 Å². The Kier molecular flexibility index (Phi) is 5.60. The summed E-state index contributed by atoms with van der Waals surface area (Å²) in [6.45, 7) is 6.03. The van der Waals surface area contributed by atoms with E-state index in [0.717, 1.165) is 18.6 Å². The Morgan fingerprint density at radius 3 is 2.29 bits per heavy atom. The fourth-order valence-electron chi connectivity index (χ4n) is 1.20. The maximum Gasteiger partial charge on any atom is 0.328 e. The molecule has 80 valence electrons. The molecule has 0 saturated carbocycles. The molecule has 0 aliphatic heterocycles. The highest BCUT2D eigenvalue weighted by atomic mass is 16.4. The van der Waals surface area contributed by atoms with Crippen LogP contribution in [0.1, 0.15) is 27.2 Å². The van der Waals surface area contributed by atoms with Crippen LogP contribution in [0.5, 0.6) is 0 Å². The van der Waals surface area contributed by atoms with Crippen LogP contribution < -0.4 is 5.32 Å². The lowest BCUT2D eigenvalue weighted by molar-refractivity contribution is -0.131. The van der Waals surface area contributed by atoms with E-state index < -0.39 is 5.97 Å². The van der Waals surface area contributed by atoms with Gasteiger partial charge in [0.1, 0.15) is 0 Å². The molecule has 0 aromatic carbocycles. The number of nitrogens with one attached hydrogen (secondary N) is 1. The minimum absolute atomic E-state index is 0.0703. The van der Waals surface area contributed by atoms with Crippen LogP contribution in [0.15, 0.2) is 12.2 Å². The van der Waals surface area contributed by atoms with Crippen LogP contribution in [0.4, 0.5) is 0 Å². The molecule has 14 heavy (non-hydrogen) atoms. The first-order valence-corrected chi connectivity index (χ1v) is 4.63. The third kappa shape index (κ3) is 7.34. The second kappa shape index (κ2) is 6.18. The highest BCUT2D eigenvalue weighted by molar-refractivity contribution is 5.93. The number of carboxylic acids is 1. The average Bonchev–Trinajstić information content (AvgIpc) is 1.98. The average molecular weight is 199 g/mol.